The highest BCUT2D eigenvalue weighted by atomic mass is 32.1. The first-order valence-corrected chi connectivity index (χ1v) is 12.4. The number of unbranched alkanes of at least 4 members (excludes halogenated alkanes) is 1. The molecule has 1 N–H and O–H groups in total. The van der Waals surface area contributed by atoms with E-state index in [4.69, 9.17) is 9.47 Å². The minimum absolute atomic E-state index is 0.209. The van der Waals surface area contributed by atoms with Crippen LogP contribution in [-0.4, -0.2) is 36.5 Å². The van der Waals surface area contributed by atoms with Gasteiger partial charge in [0.15, 0.2) is 0 Å². The summed E-state index contributed by atoms with van der Waals surface area (Å²) in [5, 5.41) is 5.37. The number of anilines is 1. The molecule has 0 saturated carbocycles. The molecule has 0 bridgehead atoms. The van der Waals surface area contributed by atoms with E-state index < -0.39 is 29.4 Å². The molecule has 2 aromatic rings. The molecule has 2 fully saturated rings. The molecule has 2 aliphatic rings. The largest absolute Gasteiger partial charge is 0.494 e. The highest BCUT2D eigenvalue weighted by Crippen LogP contribution is 2.52. The van der Waals surface area contributed by atoms with Gasteiger partial charge in [-0.3, -0.25) is 19.7 Å². The number of carbonyl (C=O) groups is 3. The molecule has 0 aliphatic carbocycles. The molecule has 0 spiro atoms. The van der Waals surface area contributed by atoms with Crippen LogP contribution in [0, 0.1) is 11.8 Å². The Morgan fingerprint density at radius 2 is 1.85 bits per heavy atom. The van der Waals surface area contributed by atoms with Crippen molar-refractivity contribution in [2.45, 2.75) is 51.6 Å². The van der Waals surface area contributed by atoms with Gasteiger partial charge in [0.25, 0.3) is 0 Å². The third-order valence-electron chi connectivity index (χ3n) is 6.47. The Labute approximate surface area is 198 Å². The molecule has 1 aromatic carbocycles. The molecule has 33 heavy (non-hydrogen) atoms. The van der Waals surface area contributed by atoms with Crippen molar-refractivity contribution < 1.29 is 23.9 Å². The van der Waals surface area contributed by atoms with Gasteiger partial charge in [-0.05, 0) is 56.0 Å². The number of nitrogens with one attached hydrogen (secondary N) is 1. The minimum atomic E-state index is -1.24. The smallest absolute Gasteiger partial charge is 0.327 e. The zero-order valence-corrected chi connectivity index (χ0v) is 20.0. The Kier molecular flexibility index (Phi) is 6.86. The molecule has 0 radical (unpaired) electrons. The number of carbonyl (C=O) groups excluding carboxylic acids is 3. The van der Waals surface area contributed by atoms with Crippen molar-refractivity contribution in [1.29, 1.82) is 0 Å². The fraction of sp³-hybridized carbons (Fsp3) is 0.480. The van der Waals surface area contributed by atoms with Crippen LogP contribution in [0.1, 0.15) is 51.0 Å². The van der Waals surface area contributed by atoms with E-state index in [1.54, 1.807) is 31.2 Å². The number of imide groups is 1. The summed E-state index contributed by atoms with van der Waals surface area (Å²) < 4.78 is 11.0. The number of thiophene rings is 1. The second-order valence-electron chi connectivity index (χ2n) is 8.38. The fourth-order valence-corrected chi connectivity index (χ4v) is 5.89. The molecule has 0 unspecified atom stereocenters. The van der Waals surface area contributed by atoms with Crippen molar-refractivity contribution in [3.05, 3.63) is 46.7 Å². The molecule has 176 valence electrons. The Morgan fingerprint density at radius 1 is 1.09 bits per heavy atom. The van der Waals surface area contributed by atoms with E-state index >= 15 is 0 Å². The van der Waals surface area contributed by atoms with Gasteiger partial charge in [0.2, 0.25) is 11.8 Å². The summed E-state index contributed by atoms with van der Waals surface area (Å²) in [6.07, 6.45) is 2.02. The number of benzene rings is 1. The third kappa shape index (κ3) is 3.95. The van der Waals surface area contributed by atoms with Crippen LogP contribution in [0.25, 0.3) is 0 Å². The number of nitrogens with zero attached hydrogens (tertiary/aromatic N) is 1. The molecule has 3 heterocycles. The van der Waals surface area contributed by atoms with Gasteiger partial charge in [0.05, 0.1) is 36.8 Å². The first kappa shape index (κ1) is 23.4. The van der Waals surface area contributed by atoms with Gasteiger partial charge in [0, 0.05) is 4.88 Å². The van der Waals surface area contributed by atoms with Gasteiger partial charge in [-0.2, -0.15) is 0 Å². The van der Waals surface area contributed by atoms with Crippen LogP contribution >= 0.6 is 11.3 Å². The van der Waals surface area contributed by atoms with Gasteiger partial charge in [-0.15, -0.1) is 11.3 Å². The van der Waals surface area contributed by atoms with E-state index in [0.29, 0.717) is 24.5 Å². The maximum absolute atomic E-state index is 13.8. The van der Waals surface area contributed by atoms with Gasteiger partial charge in [0.1, 0.15) is 11.3 Å². The van der Waals surface area contributed by atoms with E-state index in [1.165, 1.54) is 16.2 Å². The Bertz CT molecular complexity index is 1010. The van der Waals surface area contributed by atoms with E-state index in [0.717, 1.165) is 17.7 Å². The van der Waals surface area contributed by atoms with Crippen LogP contribution in [0.3, 0.4) is 0 Å². The molecule has 2 amide bonds. The van der Waals surface area contributed by atoms with Crippen molar-refractivity contribution in [2.75, 3.05) is 18.1 Å². The summed E-state index contributed by atoms with van der Waals surface area (Å²) in [6.45, 7) is 6.42. The van der Waals surface area contributed by atoms with Crippen LogP contribution < -0.4 is 15.0 Å². The van der Waals surface area contributed by atoms with Gasteiger partial charge < -0.3 is 9.47 Å². The van der Waals surface area contributed by atoms with Gasteiger partial charge >= 0.3 is 5.97 Å². The molecule has 8 heteroatoms. The fourth-order valence-electron chi connectivity index (χ4n) is 5.06. The van der Waals surface area contributed by atoms with Crippen molar-refractivity contribution in [3.63, 3.8) is 0 Å². The lowest BCUT2D eigenvalue weighted by atomic mass is 9.77. The summed E-state index contributed by atoms with van der Waals surface area (Å²) >= 11 is 1.51. The van der Waals surface area contributed by atoms with Crippen molar-refractivity contribution in [1.82, 2.24) is 5.32 Å². The van der Waals surface area contributed by atoms with Crippen molar-refractivity contribution in [3.8, 4) is 5.75 Å². The third-order valence-corrected chi connectivity index (χ3v) is 7.43. The molecule has 2 saturated heterocycles. The quantitative estimate of drug-likeness (QED) is 0.439. The number of amides is 2. The standard InChI is InChI=1S/C25H30N2O5S/c1-4-7-14-25(24(30)32-6-3)20-19(21(26-25)18-9-8-15-33-18)22(28)27(23(20)29)16-10-12-17(13-11-16)31-5-2/h8-13,15,19-21,26H,4-7,14H2,1-3H3/t19-,20-,21-,25-/m0/s1. The van der Waals surface area contributed by atoms with E-state index in [9.17, 15) is 14.4 Å². The highest BCUT2D eigenvalue weighted by molar-refractivity contribution is 7.10. The van der Waals surface area contributed by atoms with Crippen LogP contribution in [0.5, 0.6) is 5.75 Å². The number of hydrogen-bond acceptors (Lipinski definition) is 7. The van der Waals surface area contributed by atoms with Crippen LogP contribution in [0.2, 0.25) is 0 Å². The number of hydrogen-bond donors (Lipinski definition) is 1. The summed E-state index contributed by atoms with van der Waals surface area (Å²) in [6, 6.07) is 10.4. The van der Waals surface area contributed by atoms with Gasteiger partial charge in [-0.1, -0.05) is 25.8 Å². The van der Waals surface area contributed by atoms with Crippen molar-refractivity contribution >= 4 is 34.8 Å². The SMILES string of the molecule is CCCC[C@]1(C(=O)OCC)N[C@@H](c2cccs2)[C@H]2C(=O)N(c3ccc(OCC)cc3)C(=O)[C@H]21. The molecule has 1 aromatic heterocycles. The first-order chi connectivity index (χ1) is 16.0. The number of fused-ring (bicyclic) bond motifs is 1. The Morgan fingerprint density at radius 3 is 2.45 bits per heavy atom. The molecular weight excluding hydrogens is 440 g/mol. The maximum atomic E-state index is 13.8. The van der Waals surface area contributed by atoms with Crippen molar-refractivity contribution in [2.24, 2.45) is 11.8 Å². The minimum Gasteiger partial charge on any atom is -0.494 e. The number of rotatable bonds is 9. The highest BCUT2D eigenvalue weighted by Gasteiger charge is 2.68. The van der Waals surface area contributed by atoms with Crippen LogP contribution in [0.4, 0.5) is 5.69 Å². The topological polar surface area (TPSA) is 84.9 Å². The van der Waals surface area contributed by atoms with E-state index in [-0.39, 0.29) is 18.4 Å². The zero-order valence-electron chi connectivity index (χ0n) is 19.2. The summed E-state index contributed by atoms with van der Waals surface area (Å²) in [5.74, 6) is -1.93. The summed E-state index contributed by atoms with van der Waals surface area (Å²) in [4.78, 5) is 43.1. The Balaban J connectivity index is 1.78. The molecule has 7 nitrogen and oxygen atoms in total. The van der Waals surface area contributed by atoms with Crippen LogP contribution in [0.15, 0.2) is 41.8 Å². The first-order valence-electron chi connectivity index (χ1n) is 11.6. The number of esters is 1. The van der Waals surface area contributed by atoms with Gasteiger partial charge in [-0.25, -0.2) is 4.90 Å². The van der Waals surface area contributed by atoms with E-state index in [2.05, 4.69) is 5.32 Å². The average Bonchev–Trinajstić information content (AvgIpc) is 3.51. The predicted molar refractivity (Wildman–Crippen MR) is 126 cm³/mol. The number of ether oxygens (including phenoxy) is 2. The summed E-state index contributed by atoms with van der Waals surface area (Å²) in [5.41, 5.74) is -0.751. The second-order valence-corrected chi connectivity index (χ2v) is 9.35. The van der Waals surface area contributed by atoms with Crippen LogP contribution in [-0.2, 0) is 19.1 Å². The lowest BCUT2D eigenvalue weighted by Crippen LogP contribution is -2.56. The molecule has 4 rings (SSSR count). The Hall–Kier alpha value is -2.71. The maximum Gasteiger partial charge on any atom is 0.327 e. The molecule has 2 aliphatic heterocycles. The molecular formula is C25H30N2O5S. The average molecular weight is 471 g/mol. The second kappa shape index (κ2) is 9.65. The summed E-state index contributed by atoms with van der Waals surface area (Å²) in [7, 11) is 0. The lowest BCUT2D eigenvalue weighted by molar-refractivity contribution is -0.155. The van der Waals surface area contributed by atoms with E-state index in [1.807, 2.05) is 31.4 Å². The molecule has 4 atom stereocenters. The zero-order chi connectivity index (χ0) is 23.6. The predicted octanol–water partition coefficient (Wildman–Crippen LogP) is 4.09. The normalized spacial score (nSPS) is 26.5. The lowest BCUT2D eigenvalue weighted by Gasteiger charge is -2.32. The monoisotopic (exact) mass is 470 g/mol.